The van der Waals surface area contributed by atoms with Crippen molar-refractivity contribution in [3.05, 3.63) is 29.8 Å². The summed E-state index contributed by atoms with van der Waals surface area (Å²) in [5.41, 5.74) is 0.821. The summed E-state index contributed by atoms with van der Waals surface area (Å²) in [6, 6.07) is 5.70. The first kappa shape index (κ1) is 17.6. The molecule has 0 bridgehead atoms. The van der Waals surface area contributed by atoms with Crippen molar-refractivity contribution in [2.75, 3.05) is 33.2 Å². The molecule has 1 fully saturated rings. The Morgan fingerprint density at radius 3 is 2.26 bits per heavy atom. The van der Waals surface area contributed by atoms with Gasteiger partial charge in [-0.3, -0.25) is 4.79 Å². The first-order valence-electron chi connectivity index (χ1n) is 7.56. The molecule has 128 valence electrons. The maximum Gasteiger partial charge on any atom is 0.573 e. The summed E-state index contributed by atoms with van der Waals surface area (Å²) in [6.45, 7) is 5.07. The largest absolute Gasteiger partial charge is 0.573 e. The third-order valence-electron chi connectivity index (χ3n) is 4.02. The Labute approximate surface area is 133 Å². The summed E-state index contributed by atoms with van der Waals surface area (Å²) in [7, 11) is 2.02. The second-order valence-electron chi connectivity index (χ2n) is 5.91. The summed E-state index contributed by atoms with van der Waals surface area (Å²) in [4.78, 5) is 16.3. The molecule has 0 N–H and O–H groups in total. The molecule has 7 heteroatoms. The molecule has 1 aliphatic heterocycles. The Morgan fingerprint density at radius 1 is 1.17 bits per heavy atom. The van der Waals surface area contributed by atoms with Crippen molar-refractivity contribution in [1.82, 2.24) is 9.80 Å². The quantitative estimate of drug-likeness (QED) is 0.851. The summed E-state index contributed by atoms with van der Waals surface area (Å²) >= 11 is 0. The average molecular weight is 330 g/mol. The van der Waals surface area contributed by atoms with Gasteiger partial charge in [0.25, 0.3) is 0 Å². The maximum atomic E-state index is 12.3. The Bertz CT molecular complexity index is 523. The van der Waals surface area contributed by atoms with E-state index in [1.165, 1.54) is 12.1 Å². The number of piperazine rings is 1. The molecule has 1 amide bonds. The van der Waals surface area contributed by atoms with Gasteiger partial charge in [0.1, 0.15) is 5.75 Å². The van der Waals surface area contributed by atoms with Gasteiger partial charge in [-0.2, -0.15) is 0 Å². The van der Waals surface area contributed by atoms with Gasteiger partial charge >= 0.3 is 6.36 Å². The van der Waals surface area contributed by atoms with E-state index in [-0.39, 0.29) is 17.6 Å². The van der Waals surface area contributed by atoms with Gasteiger partial charge in [0.2, 0.25) is 5.91 Å². The number of benzene rings is 1. The van der Waals surface area contributed by atoms with Crippen molar-refractivity contribution in [2.45, 2.75) is 25.6 Å². The lowest BCUT2D eigenvalue weighted by molar-refractivity contribution is -0.274. The third-order valence-corrected chi connectivity index (χ3v) is 4.02. The Hall–Kier alpha value is -1.76. The number of hydrogen-bond donors (Lipinski definition) is 0. The van der Waals surface area contributed by atoms with Crippen molar-refractivity contribution in [3.63, 3.8) is 0 Å². The van der Waals surface area contributed by atoms with Crippen LogP contribution in [0.5, 0.6) is 5.75 Å². The molecule has 0 spiro atoms. The van der Waals surface area contributed by atoms with Crippen molar-refractivity contribution in [2.24, 2.45) is 0 Å². The molecule has 2 rings (SSSR count). The predicted molar refractivity (Wildman–Crippen MR) is 80.2 cm³/mol. The topological polar surface area (TPSA) is 32.8 Å². The lowest BCUT2D eigenvalue weighted by Crippen LogP contribution is -2.47. The average Bonchev–Trinajstić information content (AvgIpc) is 2.46. The second kappa shape index (κ2) is 7.21. The number of rotatable bonds is 4. The summed E-state index contributed by atoms with van der Waals surface area (Å²) in [5.74, 6) is -0.220. The highest BCUT2D eigenvalue weighted by Crippen LogP contribution is 2.26. The van der Waals surface area contributed by atoms with E-state index in [2.05, 4.69) is 9.64 Å². The minimum Gasteiger partial charge on any atom is -0.406 e. The molecule has 4 nitrogen and oxygen atoms in total. The van der Waals surface area contributed by atoms with Crippen molar-refractivity contribution >= 4 is 5.91 Å². The third kappa shape index (κ3) is 5.42. The van der Waals surface area contributed by atoms with Crippen LogP contribution in [0.1, 0.15) is 24.8 Å². The first-order valence-corrected chi connectivity index (χ1v) is 7.56. The molecule has 0 aromatic heterocycles. The van der Waals surface area contributed by atoms with E-state index in [1.807, 2.05) is 18.9 Å². The highest BCUT2D eigenvalue weighted by molar-refractivity contribution is 5.77. The zero-order valence-corrected chi connectivity index (χ0v) is 13.3. The zero-order chi connectivity index (χ0) is 17.0. The molecule has 1 heterocycles. The standard InChI is InChI=1S/C16H21F3N2O2/c1-12(11-15(22)21-9-7-20(2)8-10-21)13-3-5-14(6-4-13)23-16(17,18)19/h3-6,12H,7-11H2,1-2H3. The van der Waals surface area contributed by atoms with Crippen LogP contribution in [0.3, 0.4) is 0 Å². The zero-order valence-electron chi connectivity index (χ0n) is 13.3. The molecular weight excluding hydrogens is 309 g/mol. The Kier molecular flexibility index (Phi) is 5.51. The predicted octanol–water partition coefficient (Wildman–Crippen LogP) is 2.85. The summed E-state index contributed by atoms with van der Waals surface area (Å²) in [5, 5.41) is 0. The van der Waals surface area contributed by atoms with E-state index in [4.69, 9.17) is 0 Å². The van der Waals surface area contributed by atoms with E-state index in [0.29, 0.717) is 6.42 Å². The van der Waals surface area contributed by atoms with Crippen molar-refractivity contribution in [1.29, 1.82) is 0 Å². The Balaban J connectivity index is 1.90. The highest BCUT2D eigenvalue weighted by Gasteiger charge is 2.31. The van der Waals surface area contributed by atoms with Gasteiger partial charge in [0.05, 0.1) is 0 Å². The smallest absolute Gasteiger partial charge is 0.406 e. The number of likely N-dealkylation sites (N-methyl/N-ethyl adjacent to an activating group) is 1. The van der Waals surface area contributed by atoms with Crippen LogP contribution in [0.25, 0.3) is 0 Å². The molecule has 1 aromatic carbocycles. The molecule has 1 unspecified atom stereocenters. The van der Waals surface area contributed by atoms with Gasteiger partial charge < -0.3 is 14.5 Å². The van der Waals surface area contributed by atoms with Crippen LogP contribution in [0.2, 0.25) is 0 Å². The number of halogens is 3. The van der Waals surface area contributed by atoms with E-state index >= 15 is 0 Å². The number of carbonyl (C=O) groups is 1. The molecule has 1 atom stereocenters. The molecule has 0 aliphatic carbocycles. The number of nitrogens with zero attached hydrogens (tertiary/aromatic N) is 2. The molecular formula is C16H21F3N2O2. The van der Waals surface area contributed by atoms with Crippen LogP contribution in [0.4, 0.5) is 13.2 Å². The van der Waals surface area contributed by atoms with E-state index in [1.54, 1.807) is 12.1 Å². The van der Waals surface area contributed by atoms with E-state index in [9.17, 15) is 18.0 Å². The molecule has 23 heavy (non-hydrogen) atoms. The first-order chi connectivity index (χ1) is 10.7. The number of carbonyl (C=O) groups excluding carboxylic acids is 1. The van der Waals surface area contributed by atoms with Gasteiger partial charge in [0, 0.05) is 32.6 Å². The fourth-order valence-corrected chi connectivity index (χ4v) is 2.56. The number of alkyl halides is 3. The van der Waals surface area contributed by atoms with Crippen LogP contribution < -0.4 is 4.74 Å². The van der Waals surface area contributed by atoms with E-state index < -0.39 is 6.36 Å². The fourth-order valence-electron chi connectivity index (χ4n) is 2.56. The lowest BCUT2D eigenvalue weighted by atomic mass is 9.97. The number of ether oxygens (including phenoxy) is 1. The minimum absolute atomic E-state index is 0.0536. The van der Waals surface area contributed by atoms with Crippen LogP contribution in [-0.4, -0.2) is 55.3 Å². The van der Waals surface area contributed by atoms with Crippen molar-refractivity contribution < 1.29 is 22.7 Å². The van der Waals surface area contributed by atoms with Crippen LogP contribution in [0, 0.1) is 0 Å². The Morgan fingerprint density at radius 2 is 1.74 bits per heavy atom. The number of amides is 1. The second-order valence-corrected chi connectivity index (χ2v) is 5.91. The molecule has 0 saturated carbocycles. The maximum absolute atomic E-state index is 12.3. The van der Waals surface area contributed by atoms with Gasteiger partial charge in [-0.05, 0) is 30.7 Å². The highest BCUT2D eigenvalue weighted by atomic mass is 19.4. The van der Waals surface area contributed by atoms with Gasteiger partial charge in [0.15, 0.2) is 0 Å². The van der Waals surface area contributed by atoms with Crippen LogP contribution in [0.15, 0.2) is 24.3 Å². The fraction of sp³-hybridized carbons (Fsp3) is 0.562. The minimum atomic E-state index is -4.69. The van der Waals surface area contributed by atoms with Crippen molar-refractivity contribution in [3.8, 4) is 5.75 Å². The SMILES string of the molecule is CC(CC(=O)N1CCN(C)CC1)c1ccc(OC(F)(F)F)cc1. The molecule has 1 saturated heterocycles. The number of hydrogen-bond acceptors (Lipinski definition) is 3. The summed E-state index contributed by atoms with van der Waals surface area (Å²) < 4.78 is 40.2. The molecule has 0 radical (unpaired) electrons. The molecule has 1 aromatic rings. The van der Waals surface area contributed by atoms with Crippen LogP contribution in [-0.2, 0) is 4.79 Å². The normalized spacial score (nSPS) is 17.9. The van der Waals surface area contributed by atoms with Gasteiger partial charge in [-0.15, -0.1) is 13.2 Å². The van der Waals surface area contributed by atoms with E-state index in [0.717, 1.165) is 31.7 Å². The lowest BCUT2D eigenvalue weighted by Gasteiger charge is -2.33. The molecule has 1 aliphatic rings. The van der Waals surface area contributed by atoms with Crippen LogP contribution >= 0.6 is 0 Å². The van der Waals surface area contributed by atoms with Gasteiger partial charge in [-0.25, -0.2) is 0 Å². The van der Waals surface area contributed by atoms with Gasteiger partial charge in [-0.1, -0.05) is 19.1 Å². The summed E-state index contributed by atoms with van der Waals surface area (Å²) in [6.07, 6.45) is -4.34. The monoisotopic (exact) mass is 330 g/mol.